The third-order valence-electron chi connectivity index (χ3n) is 11.7. The van der Waals surface area contributed by atoms with Crippen LogP contribution in [0, 0.1) is 0 Å². The Kier molecular flexibility index (Phi) is 50.4. The largest absolute Gasteiger partial charge is 0.462 e. The molecule has 6 heteroatoms. The summed E-state index contributed by atoms with van der Waals surface area (Å²) in [6, 6.07) is 0. The van der Waals surface area contributed by atoms with Crippen LogP contribution < -0.4 is 0 Å². The molecule has 1 atom stereocenters. The molecule has 0 bridgehead atoms. The van der Waals surface area contributed by atoms with Crippen LogP contribution in [0.2, 0.25) is 0 Å². The van der Waals surface area contributed by atoms with Crippen molar-refractivity contribution < 1.29 is 28.6 Å². The maximum absolute atomic E-state index is 12.7. The van der Waals surface area contributed by atoms with E-state index in [0.717, 1.165) is 103 Å². The quantitative estimate of drug-likeness (QED) is 0.0262. The zero-order chi connectivity index (χ0) is 46.5. The molecule has 0 aromatic carbocycles. The first-order chi connectivity index (χ1) is 31.5. The average molecular weight is 895 g/mol. The first-order valence-corrected chi connectivity index (χ1v) is 27.3. The lowest BCUT2D eigenvalue weighted by molar-refractivity contribution is -0.167. The van der Waals surface area contributed by atoms with Crippen LogP contribution >= 0.6 is 0 Å². The van der Waals surface area contributed by atoms with E-state index in [1.807, 2.05) is 0 Å². The number of esters is 3. The van der Waals surface area contributed by atoms with Gasteiger partial charge in [0.05, 0.1) is 0 Å². The lowest BCUT2D eigenvalue weighted by atomic mass is 10.0. The van der Waals surface area contributed by atoms with Crippen LogP contribution in [0.4, 0.5) is 0 Å². The van der Waals surface area contributed by atoms with Gasteiger partial charge in [-0.2, -0.15) is 0 Å². The second-order valence-electron chi connectivity index (χ2n) is 18.1. The van der Waals surface area contributed by atoms with Crippen molar-refractivity contribution in [1.29, 1.82) is 0 Å². The monoisotopic (exact) mass is 895 g/mol. The third-order valence-corrected chi connectivity index (χ3v) is 11.7. The normalized spacial score (nSPS) is 12.5. The molecule has 6 nitrogen and oxygen atoms in total. The summed E-state index contributed by atoms with van der Waals surface area (Å²) in [4.78, 5) is 37.8. The second kappa shape index (κ2) is 52.7. The molecule has 0 saturated carbocycles. The SMILES string of the molecule is CC/C=C\C/C=C\C/C=C\C/C=C\CCCCCCCCCCCCCCCCC(=O)OCC(COC(=O)CCCCCCCCCCC)OC(=O)CCCCCCC/C=C\CCC. The van der Waals surface area contributed by atoms with Crippen LogP contribution in [0.5, 0.6) is 0 Å². The average Bonchev–Trinajstić information content (AvgIpc) is 3.29. The minimum absolute atomic E-state index is 0.0748. The Bertz CT molecular complexity index is 1170. The third kappa shape index (κ3) is 50.1. The van der Waals surface area contributed by atoms with Crippen LogP contribution in [-0.4, -0.2) is 37.2 Å². The Morgan fingerprint density at radius 2 is 0.641 bits per heavy atom. The van der Waals surface area contributed by atoms with Crippen LogP contribution in [-0.2, 0) is 28.6 Å². The molecule has 64 heavy (non-hydrogen) atoms. The summed E-state index contributed by atoms with van der Waals surface area (Å²) in [5.41, 5.74) is 0. The van der Waals surface area contributed by atoms with Crippen molar-refractivity contribution in [2.24, 2.45) is 0 Å². The summed E-state index contributed by atoms with van der Waals surface area (Å²) in [6.07, 6.45) is 65.2. The molecule has 0 spiro atoms. The van der Waals surface area contributed by atoms with Crippen LogP contribution in [0.25, 0.3) is 0 Å². The molecule has 1 unspecified atom stereocenters. The maximum atomic E-state index is 12.7. The number of carbonyl (C=O) groups is 3. The van der Waals surface area contributed by atoms with Gasteiger partial charge in [0.1, 0.15) is 13.2 Å². The topological polar surface area (TPSA) is 78.9 Å². The molecule has 370 valence electrons. The van der Waals surface area contributed by atoms with E-state index >= 15 is 0 Å². The fourth-order valence-corrected chi connectivity index (χ4v) is 7.67. The summed E-state index contributed by atoms with van der Waals surface area (Å²) in [5, 5.41) is 0. The van der Waals surface area contributed by atoms with Gasteiger partial charge in [-0.3, -0.25) is 14.4 Å². The standard InChI is InChI=1S/C58H102O6/c1-4-7-10-13-16-19-21-22-23-24-25-26-27-28-29-30-31-32-33-34-35-36-37-40-42-45-48-51-57(60)63-54-55(53-62-56(59)50-47-44-41-38-18-15-12-9-6-3)64-58(61)52-49-46-43-39-20-17-14-11-8-5-2/h7,10-11,14,16,19,22-23,25-26,55H,4-6,8-9,12-13,15,17-18,20-21,24,27-54H2,1-3H3/b10-7-,14-11-,19-16-,23-22-,26-25-. The zero-order valence-corrected chi connectivity index (χ0v) is 42.3. The predicted molar refractivity (Wildman–Crippen MR) is 275 cm³/mol. The van der Waals surface area contributed by atoms with E-state index in [-0.39, 0.29) is 31.1 Å². The van der Waals surface area contributed by atoms with Crippen molar-refractivity contribution in [3.63, 3.8) is 0 Å². The molecule has 0 N–H and O–H groups in total. The lowest BCUT2D eigenvalue weighted by Gasteiger charge is -2.18. The molecule has 0 saturated heterocycles. The Hall–Kier alpha value is -2.89. The van der Waals surface area contributed by atoms with Gasteiger partial charge in [-0.15, -0.1) is 0 Å². The van der Waals surface area contributed by atoms with E-state index in [4.69, 9.17) is 14.2 Å². The van der Waals surface area contributed by atoms with E-state index in [9.17, 15) is 14.4 Å². The predicted octanol–water partition coefficient (Wildman–Crippen LogP) is 18.0. The Labute approximate surface area is 396 Å². The van der Waals surface area contributed by atoms with Crippen molar-refractivity contribution in [1.82, 2.24) is 0 Å². The molecule has 0 radical (unpaired) electrons. The lowest BCUT2D eigenvalue weighted by Crippen LogP contribution is -2.30. The fraction of sp³-hybridized carbons (Fsp3) is 0.776. The minimum atomic E-state index is -0.773. The number of rotatable bonds is 49. The van der Waals surface area contributed by atoms with Gasteiger partial charge < -0.3 is 14.2 Å². The summed E-state index contributed by atoms with van der Waals surface area (Å²) >= 11 is 0. The van der Waals surface area contributed by atoms with Crippen molar-refractivity contribution in [3.8, 4) is 0 Å². The molecule has 0 aromatic rings. The summed E-state index contributed by atoms with van der Waals surface area (Å²) in [5.74, 6) is -0.883. The molecule has 0 aromatic heterocycles. The number of allylic oxidation sites excluding steroid dienone is 10. The van der Waals surface area contributed by atoms with E-state index in [1.165, 1.54) is 128 Å². The highest BCUT2D eigenvalue weighted by molar-refractivity contribution is 5.71. The highest BCUT2D eigenvalue weighted by Gasteiger charge is 2.19. The molecular weight excluding hydrogens is 793 g/mol. The number of carbonyl (C=O) groups excluding carboxylic acids is 3. The summed E-state index contributed by atoms with van der Waals surface area (Å²) in [6.45, 7) is 6.45. The van der Waals surface area contributed by atoms with Gasteiger partial charge in [0, 0.05) is 19.3 Å². The van der Waals surface area contributed by atoms with Gasteiger partial charge >= 0.3 is 17.9 Å². The Balaban J connectivity index is 4.09. The van der Waals surface area contributed by atoms with Gasteiger partial charge in [-0.05, 0) is 77.0 Å². The number of unbranched alkanes of at least 4 members (excludes halogenated alkanes) is 28. The smallest absolute Gasteiger partial charge is 0.306 e. The van der Waals surface area contributed by atoms with Crippen molar-refractivity contribution in [3.05, 3.63) is 60.8 Å². The molecule has 0 aliphatic heterocycles. The van der Waals surface area contributed by atoms with E-state index in [1.54, 1.807) is 0 Å². The van der Waals surface area contributed by atoms with Gasteiger partial charge in [-0.25, -0.2) is 0 Å². The Morgan fingerprint density at radius 3 is 1.03 bits per heavy atom. The van der Waals surface area contributed by atoms with Crippen LogP contribution in [0.1, 0.15) is 271 Å². The zero-order valence-electron chi connectivity index (χ0n) is 42.3. The van der Waals surface area contributed by atoms with Gasteiger partial charge in [0.15, 0.2) is 6.10 Å². The summed E-state index contributed by atoms with van der Waals surface area (Å²) in [7, 11) is 0. The van der Waals surface area contributed by atoms with Gasteiger partial charge in [-0.1, -0.05) is 236 Å². The van der Waals surface area contributed by atoms with E-state index in [2.05, 4.69) is 81.5 Å². The van der Waals surface area contributed by atoms with E-state index in [0.29, 0.717) is 19.3 Å². The van der Waals surface area contributed by atoms with Crippen LogP contribution in [0.3, 0.4) is 0 Å². The van der Waals surface area contributed by atoms with Crippen molar-refractivity contribution in [2.75, 3.05) is 13.2 Å². The fourth-order valence-electron chi connectivity index (χ4n) is 7.67. The maximum Gasteiger partial charge on any atom is 0.306 e. The molecule has 0 aliphatic carbocycles. The molecule has 0 amide bonds. The van der Waals surface area contributed by atoms with Gasteiger partial charge in [0.25, 0.3) is 0 Å². The molecule has 0 aliphatic rings. The molecule has 0 rings (SSSR count). The van der Waals surface area contributed by atoms with Crippen LogP contribution in [0.15, 0.2) is 60.8 Å². The number of ether oxygens (including phenoxy) is 3. The number of hydrogen-bond donors (Lipinski definition) is 0. The van der Waals surface area contributed by atoms with Crippen molar-refractivity contribution in [2.45, 2.75) is 277 Å². The van der Waals surface area contributed by atoms with Gasteiger partial charge in [0.2, 0.25) is 0 Å². The highest BCUT2D eigenvalue weighted by atomic mass is 16.6. The molecule has 0 fully saturated rings. The van der Waals surface area contributed by atoms with Crippen molar-refractivity contribution >= 4 is 17.9 Å². The molecule has 0 heterocycles. The second-order valence-corrected chi connectivity index (χ2v) is 18.1. The molecular formula is C58H102O6. The van der Waals surface area contributed by atoms with E-state index < -0.39 is 6.10 Å². The number of hydrogen-bond acceptors (Lipinski definition) is 6. The first kappa shape index (κ1) is 61.1. The minimum Gasteiger partial charge on any atom is -0.462 e. The summed E-state index contributed by atoms with van der Waals surface area (Å²) < 4.78 is 16.7. The first-order valence-electron chi connectivity index (χ1n) is 27.3. The Morgan fingerprint density at radius 1 is 0.328 bits per heavy atom. The highest BCUT2D eigenvalue weighted by Crippen LogP contribution is 2.16.